The fourth-order valence-electron chi connectivity index (χ4n) is 3.29. The van der Waals surface area contributed by atoms with Crippen molar-refractivity contribution >= 4 is 5.57 Å². The lowest BCUT2D eigenvalue weighted by Crippen LogP contribution is -2.31. The first-order valence-electron chi connectivity index (χ1n) is 7.82. The van der Waals surface area contributed by atoms with E-state index in [1.54, 1.807) is 0 Å². The van der Waals surface area contributed by atoms with Crippen LogP contribution < -0.4 is 0 Å². The molecule has 3 unspecified atom stereocenters. The van der Waals surface area contributed by atoms with Crippen LogP contribution in [-0.4, -0.2) is 10.7 Å². The molecule has 22 heavy (non-hydrogen) atoms. The fourth-order valence-corrected chi connectivity index (χ4v) is 3.29. The smallest absolute Gasteiger partial charge is 0.0902 e. The Hall–Kier alpha value is -2.12. The first kappa shape index (κ1) is 14.8. The van der Waals surface area contributed by atoms with Gasteiger partial charge in [0.25, 0.3) is 0 Å². The van der Waals surface area contributed by atoms with Crippen LogP contribution in [0.2, 0.25) is 0 Å². The molecule has 0 fully saturated rings. The van der Waals surface area contributed by atoms with Crippen molar-refractivity contribution in [2.75, 3.05) is 0 Å². The highest BCUT2D eigenvalue weighted by molar-refractivity contribution is 5.75. The van der Waals surface area contributed by atoms with Crippen molar-refractivity contribution in [3.63, 3.8) is 0 Å². The molecular weight excluding hydrogens is 268 g/mol. The molecule has 112 valence electrons. The summed E-state index contributed by atoms with van der Waals surface area (Å²) in [6.07, 6.45) is 4.59. The van der Waals surface area contributed by atoms with Gasteiger partial charge in [0.2, 0.25) is 0 Å². The van der Waals surface area contributed by atoms with Gasteiger partial charge in [-0.05, 0) is 29.2 Å². The van der Waals surface area contributed by atoms with E-state index in [4.69, 9.17) is 0 Å². The molecule has 0 spiro atoms. The number of rotatable bonds is 4. The molecule has 1 aliphatic carbocycles. The van der Waals surface area contributed by atoms with Crippen molar-refractivity contribution in [3.05, 3.63) is 90.5 Å². The quantitative estimate of drug-likeness (QED) is 0.801. The summed E-state index contributed by atoms with van der Waals surface area (Å²) < 4.78 is 0. The highest BCUT2D eigenvalue weighted by atomic mass is 16.3. The van der Waals surface area contributed by atoms with Gasteiger partial charge in [0.15, 0.2) is 0 Å². The zero-order valence-corrected chi connectivity index (χ0v) is 12.9. The molecule has 0 amide bonds. The van der Waals surface area contributed by atoms with Crippen molar-refractivity contribution in [1.29, 1.82) is 0 Å². The van der Waals surface area contributed by atoms with E-state index in [0.29, 0.717) is 6.42 Å². The van der Waals surface area contributed by atoms with Gasteiger partial charge in [-0.2, -0.15) is 0 Å². The van der Waals surface area contributed by atoms with Crippen molar-refractivity contribution in [1.82, 2.24) is 0 Å². The molecule has 1 N–H and O–H groups in total. The Morgan fingerprint density at radius 1 is 1.09 bits per heavy atom. The third-order valence-corrected chi connectivity index (χ3v) is 4.76. The predicted octanol–water partition coefficient (Wildman–Crippen LogP) is 4.81. The summed E-state index contributed by atoms with van der Waals surface area (Å²) in [5.41, 5.74) is 2.82. The maximum atomic E-state index is 11.1. The molecule has 0 saturated heterocycles. The lowest BCUT2D eigenvalue weighted by molar-refractivity contribution is 0.0517. The Bertz CT molecular complexity index is 672. The second-order valence-corrected chi connectivity index (χ2v) is 6.15. The molecule has 0 bridgehead atoms. The van der Waals surface area contributed by atoms with Gasteiger partial charge in [-0.3, -0.25) is 0 Å². The maximum absolute atomic E-state index is 11.1. The molecule has 2 aromatic rings. The summed E-state index contributed by atoms with van der Waals surface area (Å²) in [4.78, 5) is 0. The number of benzene rings is 2. The molecule has 1 aliphatic rings. The van der Waals surface area contributed by atoms with Gasteiger partial charge in [0.05, 0.1) is 5.60 Å². The van der Waals surface area contributed by atoms with Crippen LogP contribution >= 0.6 is 0 Å². The van der Waals surface area contributed by atoms with E-state index in [9.17, 15) is 5.11 Å². The van der Waals surface area contributed by atoms with E-state index in [0.717, 1.165) is 0 Å². The predicted molar refractivity (Wildman–Crippen MR) is 92.5 cm³/mol. The Morgan fingerprint density at radius 2 is 1.68 bits per heavy atom. The zero-order valence-electron chi connectivity index (χ0n) is 12.9. The standard InChI is InChI=1S/C21H22O/c1-3-16(2)21(22)14-19(17-10-6-4-7-11-17)20(15-21)18-12-8-5-9-13-18/h3-14,16,20,22H,1,15H2,2H3. The van der Waals surface area contributed by atoms with Crippen LogP contribution in [0.25, 0.3) is 5.57 Å². The molecule has 3 atom stereocenters. The lowest BCUT2D eigenvalue weighted by atomic mass is 9.83. The van der Waals surface area contributed by atoms with Gasteiger partial charge in [-0.25, -0.2) is 0 Å². The Balaban J connectivity index is 2.07. The largest absolute Gasteiger partial charge is 0.385 e. The van der Waals surface area contributed by atoms with Crippen LogP contribution in [0.1, 0.15) is 30.4 Å². The minimum absolute atomic E-state index is 0.0277. The topological polar surface area (TPSA) is 20.2 Å². The van der Waals surface area contributed by atoms with E-state index in [-0.39, 0.29) is 11.8 Å². The van der Waals surface area contributed by atoms with Crippen molar-refractivity contribution < 1.29 is 5.11 Å². The monoisotopic (exact) mass is 290 g/mol. The second kappa shape index (κ2) is 5.94. The molecule has 1 heteroatoms. The minimum atomic E-state index is -0.826. The molecule has 2 aromatic carbocycles. The third-order valence-electron chi connectivity index (χ3n) is 4.76. The van der Waals surface area contributed by atoms with Crippen molar-refractivity contribution in [3.8, 4) is 0 Å². The summed E-state index contributed by atoms with van der Waals surface area (Å²) in [6, 6.07) is 20.8. The summed E-state index contributed by atoms with van der Waals surface area (Å²) in [5.74, 6) is 0.246. The first-order valence-corrected chi connectivity index (χ1v) is 7.82. The van der Waals surface area contributed by atoms with E-state index < -0.39 is 5.60 Å². The van der Waals surface area contributed by atoms with Gasteiger partial charge in [-0.15, -0.1) is 6.58 Å². The summed E-state index contributed by atoms with van der Waals surface area (Å²) >= 11 is 0. The molecule has 0 saturated carbocycles. The molecule has 0 aromatic heterocycles. The molecular formula is C21H22O. The van der Waals surface area contributed by atoms with E-state index >= 15 is 0 Å². The number of aliphatic hydroxyl groups is 1. The average molecular weight is 290 g/mol. The average Bonchev–Trinajstić information content (AvgIpc) is 2.95. The normalized spacial score (nSPS) is 25.5. The van der Waals surface area contributed by atoms with Crippen LogP contribution in [0.5, 0.6) is 0 Å². The van der Waals surface area contributed by atoms with E-state index in [1.165, 1.54) is 16.7 Å². The number of hydrogen-bond donors (Lipinski definition) is 1. The fraction of sp³-hybridized carbons (Fsp3) is 0.238. The van der Waals surface area contributed by atoms with Crippen molar-refractivity contribution in [2.24, 2.45) is 5.92 Å². The number of hydrogen-bond acceptors (Lipinski definition) is 1. The van der Waals surface area contributed by atoms with Gasteiger partial charge in [-0.1, -0.05) is 73.7 Å². The van der Waals surface area contributed by atoms with Crippen LogP contribution in [0.15, 0.2) is 79.4 Å². The number of allylic oxidation sites excluding steroid dienone is 1. The highest BCUT2D eigenvalue weighted by Crippen LogP contribution is 2.48. The summed E-state index contributed by atoms with van der Waals surface area (Å²) in [6.45, 7) is 5.88. The SMILES string of the molecule is C=CC(C)C1(O)C=C(c2ccccc2)C(c2ccccc2)C1. The summed E-state index contributed by atoms with van der Waals surface area (Å²) in [7, 11) is 0. The Kier molecular flexibility index (Phi) is 4.00. The molecule has 0 radical (unpaired) electrons. The molecule has 0 heterocycles. The molecule has 1 nitrogen and oxygen atoms in total. The maximum Gasteiger partial charge on any atom is 0.0902 e. The van der Waals surface area contributed by atoms with Crippen LogP contribution in [-0.2, 0) is 0 Å². The molecule has 3 rings (SSSR count). The lowest BCUT2D eigenvalue weighted by Gasteiger charge is -2.27. The highest BCUT2D eigenvalue weighted by Gasteiger charge is 2.41. The molecule has 0 aliphatic heterocycles. The van der Waals surface area contributed by atoms with E-state index in [1.807, 2.05) is 43.3 Å². The minimum Gasteiger partial charge on any atom is -0.385 e. The van der Waals surface area contributed by atoms with Crippen LogP contribution in [0.4, 0.5) is 0 Å². The van der Waals surface area contributed by atoms with Gasteiger partial charge in [0.1, 0.15) is 0 Å². The van der Waals surface area contributed by atoms with Gasteiger partial charge in [0, 0.05) is 11.8 Å². The van der Waals surface area contributed by atoms with Crippen molar-refractivity contribution in [2.45, 2.75) is 24.9 Å². The summed E-state index contributed by atoms with van der Waals surface area (Å²) in [5, 5.41) is 11.1. The van der Waals surface area contributed by atoms with Crippen LogP contribution in [0.3, 0.4) is 0 Å². The van der Waals surface area contributed by atoms with Gasteiger partial charge >= 0.3 is 0 Å². The Labute approximate surface area is 132 Å². The second-order valence-electron chi connectivity index (χ2n) is 6.15. The third kappa shape index (κ3) is 2.65. The van der Waals surface area contributed by atoms with Gasteiger partial charge < -0.3 is 5.11 Å². The first-order chi connectivity index (χ1) is 10.6. The zero-order chi connectivity index (χ0) is 15.6. The Morgan fingerprint density at radius 3 is 2.27 bits per heavy atom. The van der Waals surface area contributed by atoms with Crippen LogP contribution in [0, 0.1) is 5.92 Å². The van der Waals surface area contributed by atoms with E-state index in [2.05, 4.69) is 43.0 Å².